The quantitative estimate of drug-likeness (QED) is 0.753. The molecule has 6 nitrogen and oxygen atoms in total. The van der Waals surface area contributed by atoms with Gasteiger partial charge in [0.2, 0.25) is 18.2 Å². The maximum Gasteiger partial charge on any atom is 0.242 e. The number of carbonyl (C=O) groups is 3. The van der Waals surface area contributed by atoms with E-state index in [1.54, 1.807) is 15.9 Å². The highest BCUT2D eigenvalue weighted by atomic mass is 35.5. The summed E-state index contributed by atoms with van der Waals surface area (Å²) in [6.45, 7) is 3.80. The van der Waals surface area contributed by atoms with Crippen molar-refractivity contribution in [2.45, 2.75) is 13.5 Å². The van der Waals surface area contributed by atoms with Crippen LogP contribution in [0.4, 0.5) is 0 Å². The minimum Gasteiger partial charge on any atom is -0.342 e. The van der Waals surface area contributed by atoms with Crippen LogP contribution in [0.3, 0.4) is 0 Å². The van der Waals surface area contributed by atoms with Gasteiger partial charge in [-0.1, -0.05) is 29.8 Å². The van der Waals surface area contributed by atoms with E-state index in [1.807, 2.05) is 18.2 Å². The molecule has 1 fully saturated rings. The lowest BCUT2D eigenvalue weighted by Gasteiger charge is -2.34. The van der Waals surface area contributed by atoms with Crippen LogP contribution in [-0.2, 0) is 20.9 Å². The zero-order valence-corrected chi connectivity index (χ0v) is 13.8. The van der Waals surface area contributed by atoms with E-state index in [-0.39, 0.29) is 18.4 Å². The van der Waals surface area contributed by atoms with Gasteiger partial charge in [-0.2, -0.15) is 0 Å². The number of rotatable bonds is 5. The van der Waals surface area contributed by atoms with Crippen LogP contribution in [0.5, 0.6) is 0 Å². The first-order valence-corrected chi connectivity index (χ1v) is 7.85. The molecule has 0 saturated carbocycles. The Balaban J connectivity index is 1.97. The fraction of sp³-hybridized carbons (Fsp3) is 0.438. The molecular weight excluding hydrogens is 318 g/mol. The fourth-order valence-corrected chi connectivity index (χ4v) is 2.65. The molecule has 1 aliphatic rings. The van der Waals surface area contributed by atoms with E-state index in [4.69, 9.17) is 11.6 Å². The van der Waals surface area contributed by atoms with E-state index in [1.165, 1.54) is 11.8 Å². The number of hydrogen-bond donors (Lipinski definition) is 0. The smallest absolute Gasteiger partial charge is 0.242 e. The van der Waals surface area contributed by atoms with Gasteiger partial charge in [-0.15, -0.1) is 0 Å². The van der Waals surface area contributed by atoms with Gasteiger partial charge in [-0.3, -0.25) is 14.4 Å². The van der Waals surface area contributed by atoms with Gasteiger partial charge in [0.15, 0.2) is 0 Å². The van der Waals surface area contributed by atoms with Gasteiger partial charge in [0, 0.05) is 44.7 Å². The molecule has 1 heterocycles. The van der Waals surface area contributed by atoms with E-state index in [0.717, 1.165) is 12.0 Å². The summed E-state index contributed by atoms with van der Waals surface area (Å²) >= 11 is 6.12. The van der Waals surface area contributed by atoms with E-state index in [2.05, 4.69) is 0 Å². The molecule has 1 saturated heterocycles. The number of carbonyl (C=O) groups excluding carboxylic acids is 3. The van der Waals surface area contributed by atoms with Crippen LogP contribution in [0.25, 0.3) is 0 Å². The van der Waals surface area contributed by atoms with E-state index >= 15 is 0 Å². The van der Waals surface area contributed by atoms with Crippen LogP contribution in [0.2, 0.25) is 5.02 Å². The third kappa shape index (κ3) is 4.69. The Hall–Kier alpha value is -2.08. The Bertz CT molecular complexity index is 586. The van der Waals surface area contributed by atoms with Crippen molar-refractivity contribution < 1.29 is 14.4 Å². The summed E-state index contributed by atoms with van der Waals surface area (Å²) in [6.07, 6.45) is 0.793. The molecule has 0 radical (unpaired) electrons. The second-order valence-corrected chi connectivity index (χ2v) is 5.90. The summed E-state index contributed by atoms with van der Waals surface area (Å²) in [6, 6.07) is 7.27. The topological polar surface area (TPSA) is 60.9 Å². The highest BCUT2D eigenvalue weighted by Crippen LogP contribution is 2.17. The molecule has 2 rings (SSSR count). The Morgan fingerprint density at radius 1 is 1.22 bits per heavy atom. The minimum atomic E-state index is -0.176. The molecule has 3 amide bonds. The highest BCUT2D eigenvalue weighted by Gasteiger charge is 2.23. The Kier molecular flexibility index (Phi) is 5.98. The highest BCUT2D eigenvalue weighted by molar-refractivity contribution is 6.31. The number of hydrogen-bond acceptors (Lipinski definition) is 3. The van der Waals surface area contributed by atoms with Gasteiger partial charge in [0.05, 0.1) is 0 Å². The molecule has 1 aromatic carbocycles. The molecule has 0 aliphatic carbocycles. The standard InChI is InChI=1S/C16H20ClN3O3/c1-13(22)20(10-14-4-2-3-5-15(14)17)11-16(23)19-8-6-18(12-21)7-9-19/h2-5,12H,6-11H2,1H3. The van der Waals surface area contributed by atoms with Crippen molar-refractivity contribution in [2.24, 2.45) is 0 Å². The zero-order valence-electron chi connectivity index (χ0n) is 13.1. The van der Waals surface area contributed by atoms with Gasteiger partial charge in [0.1, 0.15) is 6.54 Å². The summed E-state index contributed by atoms with van der Waals surface area (Å²) in [7, 11) is 0. The average Bonchev–Trinajstić information content (AvgIpc) is 2.56. The number of piperazine rings is 1. The molecule has 0 spiro atoms. The van der Waals surface area contributed by atoms with Crippen molar-refractivity contribution in [1.29, 1.82) is 0 Å². The molecule has 124 valence electrons. The maximum atomic E-state index is 12.4. The number of nitrogens with zero attached hydrogens (tertiary/aromatic N) is 3. The van der Waals surface area contributed by atoms with E-state index in [0.29, 0.717) is 37.7 Å². The lowest BCUT2D eigenvalue weighted by Crippen LogP contribution is -2.51. The summed E-state index contributed by atoms with van der Waals surface area (Å²) in [4.78, 5) is 39.7. The number of amides is 3. The van der Waals surface area contributed by atoms with Crippen LogP contribution in [-0.4, -0.2) is 65.6 Å². The summed E-state index contributed by atoms with van der Waals surface area (Å²) in [5.41, 5.74) is 0.808. The normalized spacial score (nSPS) is 14.5. The average molecular weight is 338 g/mol. The van der Waals surface area contributed by atoms with Crippen molar-refractivity contribution in [2.75, 3.05) is 32.7 Å². The minimum absolute atomic E-state index is 0.0155. The van der Waals surface area contributed by atoms with Crippen molar-refractivity contribution >= 4 is 29.8 Å². The lowest BCUT2D eigenvalue weighted by atomic mass is 10.2. The third-order valence-electron chi connectivity index (χ3n) is 3.91. The van der Waals surface area contributed by atoms with E-state index < -0.39 is 0 Å². The van der Waals surface area contributed by atoms with Crippen molar-refractivity contribution in [3.8, 4) is 0 Å². The fourth-order valence-electron chi connectivity index (χ4n) is 2.45. The van der Waals surface area contributed by atoms with Gasteiger partial charge >= 0.3 is 0 Å². The Labute approximate surface area is 140 Å². The molecule has 0 bridgehead atoms. The molecule has 0 atom stereocenters. The van der Waals surface area contributed by atoms with Crippen molar-refractivity contribution in [3.63, 3.8) is 0 Å². The number of halogens is 1. The third-order valence-corrected chi connectivity index (χ3v) is 4.28. The monoisotopic (exact) mass is 337 g/mol. The second kappa shape index (κ2) is 7.97. The van der Waals surface area contributed by atoms with Crippen LogP contribution in [0, 0.1) is 0 Å². The second-order valence-electron chi connectivity index (χ2n) is 5.49. The molecule has 1 aromatic rings. The summed E-state index contributed by atoms with van der Waals surface area (Å²) in [5.74, 6) is -0.289. The number of benzene rings is 1. The van der Waals surface area contributed by atoms with Crippen molar-refractivity contribution in [1.82, 2.24) is 14.7 Å². The summed E-state index contributed by atoms with van der Waals surface area (Å²) < 4.78 is 0. The SMILES string of the molecule is CC(=O)N(CC(=O)N1CCN(C=O)CC1)Cc1ccccc1Cl. The lowest BCUT2D eigenvalue weighted by molar-refractivity contribution is -0.141. The van der Waals surface area contributed by atoms with Crippen LogP contribution in [0.1, 0.15) is 12.5 Å². The molecule has 1 aliphatic heterocycles. The first-order valence-electron chi connectivity index (χ1n) is 7.47. The zero-order chi connectivity index (χ0) is 16.8. The summed E-state index contributed by atoms with van der Waals surface area (Å²) in [5, 5.41) is 0.575. The molecule has 0 N–H and O–H groups in total. The van der Waals surface area contributed by atoms with Crippen LogP contribution in [0.15, 0.2) is 24.3 Å². The molecule has 23 heavy (non-hydrogen) atoms. The van der Waals surface area contributed by atoms with Crippen LogP contribution < -0.4 is 0 Å². The van der Waals surface area contributed by atoms with Gasteiger partial charge in [-0.25, -0.2) is 0 Å². The largest absolute Gasteiger partial charge is 0.342 e. The van der Waals surface area contributed by atoms with Crippen molar-refractivity contribution in [3.05, 3.63) is 34.9 Å². The predicted molar refractivity (Wildman–Crippen MR) is 86.8 cm³/mol. The first-order chi connectivity index (χ1) is 11.0. The van der Waals surface area contributed by atoms with Gasteiger partial charge in [0.25, 0.3) is 0 Å². The Morgan fingerprint density at radius 3 is 2.43 bits per heavy atom. The first kappa shape index (κ1) is 17.3. The maximum absolute atomic E-state index is 12.4. The van der Waals surface area contributed by atoms with Gasteiger partial charge < -0.3 is 14.7 Å². The van der Waals surface area contributed by atoms with Crippen LogP contribution >= 0.6 is 11.6 Å². The Morgan fingerprint density at radius 2 is 1.87 bits per heavy atom. The molecule has 0 unspecified atom stereocenters. The predicted octanol–water partition coefficient (Wildman–Crippen LogP) is 0.989. The van der Waals surface area contributed by atoms with E-state index in [9.17, 15) is 14.4 Å². The van der Waals surface area contributed by atoms with Gasteiger partial charge in [-0.05, 0) is 11.6 Å². The molecular formula is C16H20ClN3O3. The molecule has 7 heteroatoms. The molecule has 0 aromatic heterocycles.